The Balaban J connectivity index is 2.39. The number of methoxy groups -OCH3 is 1. The summed E-state index contributed by atoms with van der Waals surface area (Å²) >= 11 is 0. The summed E-state index contributed by atoms with van der Waals surface area (Å²) in [5.41, 5.74) is 0.285. The number of hydrogen-bond acceptors (Lipinski definition) is 6. The van der Waals surface area contributed by atoms with E-state index in [4.69, 9.17) is 4.74 Å². The van der Waals surface area contributed by atoms with Gasteiger partial charge in [0.2, 0.25) is 5.75 Å². The van der Waals surface area contributed by atoms with Crippen molar-refractivity contribution in [3.05, 3.63) is 42.2 Å². The fourth-order valence-electron chi connectivity index (χ4n) is 2.10. The molecule has 0 saturated heterocycles. The molecule has 0 aliphatic rings. The Hall–Kier alpha value is -2.34. The summed E-state index contributed by atoms with van der Waals surface area (Å²) in [6, 6.07) is 9.71. The molecule has 0 aliphatic carbocycles. The second-order valence-electron chi connectivity index (χ2n) is 4.84. The average Bonchev–Trinajstić information content (AvgIpc) is 2.55. The summed E-state index contributed by atoms with van der Waals surface area (Å²) in [5, 5.41) is 16.0. The number of ether oxygens (including phenoxy) is 1. The quantitative estimate of drug-likeness (QED) is 0.753. The lowest BCUT2D eigenvalue weighted by atomic mass is 9.93. The number of rotatable bonds is 6. The van der Waals surface area contributed by atoms with Crippen molar-refractivity contribution < 1.29 is 9.84 Å². The lowest BCUT2D eigenvalue weighted by Gasteiger charge is -2.30. The molecule has 21 heavy (non-hydrogen) atoms. The number of nitrogens with zero attached hydrogens (tertiary/aromatic N) is 2. The number of aliphatic hydroxyl groups excluding tert-OH is 1. The van der Waals surface area contributed by atoms with E-state index < -0.39 is 5.54 Å². The molecule has 0 bridgehead atoms. The standard InChI is InChI=1S/C15H20N4O2/c1-15(9-20,11-7-5-4-6-8-11)19-14-12(21-3)13(16-2)17-10-18-14/h4-8,10,20H,9H2,1-3H3,(H2,16,17,18,19). The van der Waals surface area contributed by atoms with Crippen LogP contribution in [0.5, 0.6) is 5.75 Å². The maximum absolute atomic E-state index is 9.83. The highest BCUT2D eigenvalue weighted by Gasteiger charge is 2.28. The van der Waals surface area contributed by atoms with Crippen molar-refractivity contribution in [1.29, 1.82) is 0 Å². The third kappa shape index (κ3) is 3.05. The monoisotopic (exact) mass is 288 g/mol. The summed E-state index contributed by atoms with van der Waals surface area (Å²) in [6.45, 7) is 1.82. The summed E-state index contributed by atoms with van der Waals surface area (Å²) in [5.74, 6) is 1.62. The minimum absolute atomic E-state index is 0.0843. The molecule has 1 aromatic carbocycles. The van der Waals surface area contributed by atoms with E-state index in [1.807, 2.05) is 37.3 Å². The van der Waals surface area contributed by atoms with Gasteiger partial charge in [-0.2, -0.15) is 0 Å². The molecule has 3 N–H and O–H groups in total. The summed E-state index contributed by atoms with van der Waals surface area (Å²) in [6.07, 6.45) is 1.44. The molecular formula is C15H20N4O2. The topological polar surface area (TPSA) is 79.3 Å². The van der Waals surface area contributed by atoms with Crippen molar-refractivity contribution in [3.63, 3.8) is 0 Å². The summed E-state index contributed by atoms with van der Waals surface area (Å²) in [4.78, 5) is 8.33. The van der Waals surface area contributed by atoms with Gasteiger partial charge in [0.1, 0.15) is 6.33 Å². The van der Waals surface area contributed by atoms with Crippen LogP contribution >= 0.6 is 0 Å². The third-order valence-corrected chi connectivity index (χ3v) is 3.37. The molecule has 1 heterocycles. The highest BCUT2D eigenvalue weighted by molar-refractivity contribution is 5.64. The van der Waals surface area contributed by atoms with Crippen molar-refractivity contribution in [2.45, 2.75) is 12.5 Å². The largest absolute Gasteiger partial charge is 0.490 e. The molecule has 0 saturated carbocycles. The molecule has 0 fully saturated rings. The van der Waals surface area contributed by atoms with E-state index in [0.29, 0.717) is 17.4 Å². The van der Waals surface area contributed by atoms with Crippen LogP contribution in [0, 0.1) is 0 Å². The zero-order valence-electron chi connectivity index (χ0n) is 12.4. The van der Waals surface area contributed by atoms with Crippen LogP contribution in [-0.4, -0.2) is 35.8 Å². The fraction of sp³-hybridized carbons (Fsp3) is 0.333. The van der Waals surface area contributed by atoms with E-state index in [1.165, 1.54) is 6.33 Å². The lowest BCUT2D eigenvalue weighted by Crippen LogP contribution is -2.36. The Labute approximate surface area is 124 Å². The number of aromatic nitrogens is 2. The van der Waals surface area contributed by atoms with Gasteiger partial charge >= 0.3 is 0 Å². The van der Waals surface area contributed by atoms with Crippen molar-refractivity contribution in [2.24, 2.45) is 0 Å². The maximum atomic E-state index is 9.83. The maximum Gasteiger partial charge on any atom is 0.204 e. The molecule has 1 aromatic heterocycles. The van der Waals surface area contributed by atoms with Gasteiger partial charge in [-0.1, -0.05) is 30.3 Å². The Kier molecular flexibility index (Phi) is 4.59. The van der Waals surface area contributed by atoms with Crippen LogP contribution in [0.15, 0.2) is 36.7 Å². The number of benzene rings is 1. The first kappa shape index (κ1) is 15.1. The highest BCUT2D eigenvalue weighted by Crippen LogP contribution is 2.33. The van der Waals surface area contributed by atoms with Crippen LogP contribution in [-0.2, 0) is 5.54 Å². The van der Waals surface area contributed by atoms with E-state index in [2.05, 4.69) is 20.6 Å². The molecule has 2 rings (SSSR count). The van der Waals surface area contributed by atoms with E-state index in [-0.39, 0.29) is 6.61 Å². The van der Waals surface area contributed by atoms with Crippen molar-refractivity contribution in [1.82, 2.24) is 9.97 Å². The molecule has 0 amide bonds. The van der Waals surface area contributed by atoms with E-state index >= 15 is 0 Å². The molecule has 6 heteroatoms. The Morgan fingerprint density at radius 1 is 1.19 bits per heavy atom. The highest BCUT2D eigenvalue weighted by atomic mass is 16.5. The van der Waals surface area contributed by atoms with Crippen molar-refractivity contribution in [3.8, 4) is 5.75 Å². The van der Waals surface area contributed by atoms with Gasteiger partial charge in [0.15, 0.2) is 11.6 Å². The minimum atomic E-state index is -0.673. The molecule has 0 radical (unpaired) electrons. The smallest absolute Gasteiger partial charge is 0.204 e. The van der Waals surface area contributed by atoms with E-state index in [0.717, 1.165) is 5.56 Å². The number of nitrogens with one attached hydrogen (secondary N) is 2. The van der Waals surface area contributed by atoms with Crippen molar-refractivity contribution in [2.75, 3.05) is 31.4 Å². The van der Waals surface area contributed by atoms with E-state index in [9.17, 15) is 5.11 Å². The van der Waals surface area contributed by atoms with Gasteiger partial charge in [0.25, 0.3) is 0 Å². The minimum Gasteiger partial charge on any atom is -0.490 e. The second kappa shape index (κ2) is 6.41. The zero-order chi connectivity index (χ0) is 15.3. The van der Waals surface area contributed by atoms with Gasteiger partial charge in [0, 0.05) is 7.05 Å². The first-order chi connectivity index (χ1) is 10.1. The number of aliphatic hydroxyl groups is 1. The molecule has 0 aliphatic heterocycles. The molecule has 1 unspecified atom stereocenters. The third-order valence-electron chi connectivity index (χ3n) is 3.37. The van der Waals surface area contributed by atoms with Gasteiger partial charge in [0.05, 0.1) is 19.3 Å². The molecule has 2 aromatic rings. The normalized spacial score (nSPS) is 13.3. The lowest BCUT2D eigenvalue weighted by molar-refractivity contribution is 0.223. The van der Waals surface area contributed by atoms with Crippen LogP contribution < -0.4 is 15.4 Å². The van der Waals surface area contributed by atoms with E-state index in [1.54, 1.807) is 14.2 Å². The van der Waals surface area contributed by atoms with Crippen LogP contribution in [0.4, 0.5) is 11.6 Å². The fourth-order valence-corrected chi connectivity index (χ4v) is 2.10. The predicted molar refractivity (Wildman–Crippen MR) is 82.6 cm³/mol. The predicted octanol–water partition coefficient (Wildman–Crippen LogP) is 1.85. The molecule has 1 atom stereocenters. The average molecular weight is 288 g/mol. The first-order valence-corrected chi connectivity index (χ1v) is 6.66. The molecule has 6 nitrogen and oxygen atoms in total. The van der Waals surface area contributed by atoms with Gasteiger partial charge < -0.3 is 20.5 Å². The molecular weight excluding hydrogens is 268 g/mol. The summed E-state index contributed by atoms with van der Waals surface area (Å²) in [7, 11) is 3.32. The van der Waals surface area contributed by atoms with Gasteiger partial charge in [-0.05, 0) is 12.5 Å². The SMILES string of the molecule is CNc1ncnc(NC(C)(CO)c2ccccc2)c1OC. The van der Waals surface area contributed by atoms with Crippen LogP contribution in [0.2, 0.25) is 0 Å². The first-order valence-electron chi connectivity index (χ1n) is 6.66. The van der Waals surface area contributed by atoms with Crippen LogP contribution in [0.25, 0.3) is 0 Å². The zero-order valence-corrected chi connectivity index (χ0v) is 12.4. The van der Waals surface area contributed by atoms with Crippen molar-refractivity contribution >= 4 is 11.6 Å². The Morgan fingerprint density at radius 2 is 1.86 bits per heavy atom. The van der Waals surface area contributed by atoms with Crippen LogP contribution in [0.1, 0.15) is 12.5 Å². The molecule has 0 spiro atoms. The number of hydrogen-bond donors (Lipinski definition) is 3. The van der Waals surface area contributed by atoms with Gasteiger partial charge in [-0.25, -0.2) is 9.97 Å². The number of anilines is 2. The van der Waals surface area contributed by atoms with Gasteiger partial charge in [-0.3, -0.25) is 0 Å². The Bertz CT molecular complexity index is 591. The molecule has 112 valence electrons. The van der Waals surface area contributed by atoms with Crippen LogP contribution in [0.3, 0.4) is 0 Å². The summed E-state index contributed by atoms with van der Waals surface area (Å²) < 4.78 is 5.36. The van der Waals surface area contributed by atoms with Gasteiger partial charge in [-0.15, -0.1) is 0 Å². The Morgan fingerprint density at radius 3 is 2.43 bits per heavy atom. The second-order valence-corrected chi connectivity index (χ2v) is 4.84.